The van der Waals surface area contributed by atoms with Gasteiger partial charge in [0.2, 0.25) is 0 Å². The van der Waals surface area contributed by atoms with Crippen LogP contribution in [0.3, 0.4) is 0 Å². The Morgan fingerprint density at radius 1 is 1.44 bits per heavy atom. The summed E-state index contributed by atoms with van der Waals surface area (Å²) in [4.78, 5) is 17.7. The van der Waals surface area contributed by atoms with Gasteiger partial charge in [0.05, 0.1) is 0 Å². The second-order valence-electron chi connectivity index (χ2n) is 4.15. The number of pyridine rings is 1. The van der Waals surface area contributed by atoms with E-state index in [1.165, 1.54) is 0 Å². The number of amides is 1. The lowest BCUT2D eigenvalue weighted by Gasteiger charge is -2.15. The van der Waals surface area contributed by atoms with E-state index in [2.05, 4.69) is 11.9 Å². The SMILES string of the molecule is CC1CCN(C(=O)c2cc(Cl)nc(Cl)c2)C1. The maximum Gasteiger partial charge on any atom is 0.254 e. The van der Waals surface area contributed by atoms with Crippen LogP contribution >= 0.6 is 23.2 Å². The van der Waals surface area contributed by atoms with Crippen LogP contribution in [0.25, 0.3) is 0 Å². The van der Waals surface area contributed by atoms with Crippen molar-refractivity contribution in [1.82, 2.24) is 9.88 Å². The molecular formula is C11H12Cl2N2O. The number of hydrogen-bond acceptors (Lipinski definition) is 2. The lowest BCUT2D eigenvalue weighted by atomic mass is 10.2. The summed E-state index contributed by atoms with van der Waals surface area (Å²) in [7, 11) is 0. The summed E-state index contributed by atoms with van der Waals surface area (Å²) >= 11 is 11.5. The van der Waals surface area contributed by atoms with E-state index in [1.807, 2.05) is 4.90 Å². The zero-order valence-electron chi connectivity index (χ0n) is 8.91. The van der Waals surface area contributed by atoms with Gasteiger partial charge in [0.25, 0.3) is 5.91 Å². The van der Waals surface area contributed by atoms with Crippen LogP contribution in [0.15, 0.2) is 12.1 Å². The van der Waals surface area contributed by atoms with E-state index < -0.39 is 0 Å². The molecule has 0 aliphatic carbocycles. The standard InChI is InChI=1S/C11H12Cl2N2O/c1-7-2-3-15(6-7)11(16)8-4-9(12)14-10(13)5-8/h4-5,7H,2-3,6H2,1H3. The smallest absolute Gasteiger partial charge is 0.254 e. The fourth-order valence-corrected chi connectivity index (χ4v) is 2.35. The number of hydrogen-bond donors (Lipinski definition) is 0. The largest absolute Gasteiger partial charge is 0.338 e. The van der Waals surface area contributed by atoms with Crippen molar-refractivity contribution in [2.75, 3.05) is 13.1 Å². The first-order valence-electron chi connectivity index (χ1n) is 5.18. The van der Waals surface area contributed by atoms with E-state index in [0.717, 1.165) is 19.5 Å². The van der Waals surface area contributed by atoms with Gasteiger partial charge in [-0.05, 0) is 24.5 Å². The molecule has 0 N–H and O–H groups in total. The predicted octanol–water partition coefficient (Wildman–Crippen LogP) is 2.87. The number of carbonyl (C=O) groups excluding carboxylic acids is 1. The Morgan fingerprint density at radius 2 is 2.06 bits per heavy atom. The van der Waals surface area contributed by atoms with Crippen molar-refractivity contribution in [3.8, 4) is 0 Å². The summed E-state index contributed by atoms with van der Waals surface area (Å²) in [6.45, 7) is 3.74. The number of halogens is 2. The van der Waals surface area contributed by atoms with Crippen molar-refractivity contribution in [2.24, 2.45) is 5.92 Å². The van der Waals surface area contributed by atoms with Crippen LogP contribution < -0.4 is 0 Å². The minimum absolute atomic E-state index is 0.0180. The molecule has 1 saturated heterocycles. The fourth-order valence-electron chi connectivity index (χ4n) is 1.89. The highest BCUT2D eigenvalue weighted by molar-refractivity contribution is 6.33. The van der Waals surface area contributed by atoms with Gasteiger partial charge < -0.3 is 4.90 Å². The normalized spacial score (nSPS) is 20.2. The van der Waals surface area contributed by atoms with E-state index >= 15 is 0 Å². The lowest BCUT2D eigenvalue weighted by Crippen LogP contribution is -2.28. The van der Waals surface area contributed by atoms with E-state index in [4.69, 9.17) is 23.2 Å². The highest BCUT2D eigenvalue weighted by Gasteiger charge is 2.24. The van der Waals surface area contributed by atoms with Crippen LogP contribution in [0.4, 0.5) is 0 Å². The topological polar surface area (TPSA) is 33.2 Å². The van der Waals surface area contributed by atoms with E-state index in [0.29, 0.717) is 11.5 Å². The van der Waals surface area contributed by atoms with Gasteiger partial charge in [0.15, 0.2) is 0 Å². The number of nitrogens with zero attached hydrogens (tertiary/aromatic N) is 2. The maximum atomic E-state index is 12.1. The summed E-state index contributed by atoms with van der Waals surface area (Å²) in [5.41, 5.74) is 0.513. The van der Waals surface area contributed by atoms with Crippen molar-refractivity contribution in [3.05, 3.63) is 28.0 Å². The second-order valence-corrected chi connectivity index (χ2v) is 4.92. The third-order valence-electron chi connectivity index (χ3n) is 2.72. The number of likely N-dealkylation sites (tertiary alicyclic amines) is 1. The first kappa shape index (κ1) is 11.7. The van der Waals surface area contributed by atoms with Crippen LogP contribution in [-0.2, 0) is 0 Å². The van der Waals surface area contributed by atoms with Crippen LogP contribution in [0, 0.1) is 5.92 Å². The predicted molar refractivity (Wildman–Crippen MR) is 63.9 cm³/mol. The molecule has 1 aromatic heterocycles. The third kappa shape index (κ3) is 2.47. The van der Waals surface area contributed by atoms with Crippen molar-refractivity contribution in [2.45, 2.75) is 13.3 Å². The fraction of sp³-hybridized carbons (Fsp3) is 0.455. The summed E-state index contributed by atoms with van der Waals surface area (Å²) in [5, 5.41) is 0.506. The monoisotopic (exact) mass is 258 g/mol. The van der Waals surface area contributed by atoms with Gasteiger partial charge in [-0.15, -0.1) is 0 Å². The minimum atomic E-state index is -0.0180. The molecule has 2 heterocycles. The zero-order valence-corrected chi connectivity index (χ0v) is 10.4. The average Bonchev–Trinajstić information content (AvgIpc) is 2.62. The van der Waals surface area contributed by atoms with Crippen LogP contribution in [0.2, 0.25) is 10.3 Å². The molecule has 1 aromatic rings. The Bertz CT molecular complexity index is 402. The molecule has 1 atom stereocenters. The molecule has 16 heavy (non-hydrogen) atoms. The summed E-state index contributed by atoms with van der Waals surface area (Å²) in [6.07, 6.45) is 1.05. The van der Waals surface area contributed by atoms with Crippen molar-refractivity contribution < 1.29 is 4.79 Å². The Morgan fingerprint density at radius 3 is 2.56 bits per heavy atom. The molecule has 86 valence electrons. The summed E-state index contributed by atoms with van der Waals surface area (Å²) in [5.74, 6) is 0.548. The lowest BCUT2D eigenvalue weighted by molar-refractivity contribution is 0.0788. The molecule has 0 spiro atoms. The highest BCUT2D eigenvalue weighted by atomic mass is 35.5. The summed E-state index contributed by atoms with van der Waals surface area (Å²) in [6, 6.07) is 3.11. The molecule has 5 heteroatoms. The first-order valence-corrected chi connectivity index (χ1v) is 5.94. The van der Waals surface area contributed by atoms with E-state index in [9.17, 15) is 4.79 Å². The van der Waals surface area contributed by atoms with Gasteiger partial charge in [-0.1, -0.05) is 30.1 Å². The van der Waals surface area contributed by atoms with Crippen molar-refractivity contribution in [3.63, 3.8) is 0 Å². The minimum Gasteiger partial charge on any atom is -0.338 e. The molecule has 1 aliphatic heterocycles. The quantitative estimate of drug-likeness (QED) is 0.726. The average molecular weight is 259 g/mol. The molecule has 1 aliphatic rings. The highest BCUT2D eigenvalue weighted by Crippen LogP contribution is 2.20. The molecule has 1 amide bonds. The van der Waals surface area contributed by atoms with Gasteiger partial charge in [-0.2, -0.15) is 0 Å². The maximum absolute atomic E-state index is 12.1. The van der Waals surface area contributed by atoms with Crippen LogP contribution in [-0.4, -0.2) is 28.9 Å². The van der Waals surface area contributed by atoms with Gasteiger partial charge in [0, 0.05) is 18.7 Å². The van der Waals surface area contributed by atoms with E-state index in [-0.39, 0.29) is 16.2 Å². The molecular weight excluding hydrogens is 247 g/mol. The molecule has 2 rings (SSSR count). The molecule has 0 aromatic carbocycles. The van der Waals surface area contributed by atoms with Crippen molar-refractivity contribution in [1.29, 1.82) is 0 Å². The zero-order chi connectivity index (χ0) is 11.7. The van der Waals surface area contributed by atoms with Crippen LogP contribution in [0.1, 0.15) is 23.7 Å². The number of aromatic nitrogens is 1. The first-order chi connectivity index (χ1) is 7.56. The Labute approximate surface area is 104 Å². The molecule has 0 radical (unpaired) electrons. The van der Waals surface area contributed by atoms with Gasteiger partial charge >= 0.3 is 0 Å². The molecule has 0 bridgehead atoms. The number of carbonyl (C=O) groups is 1. The van der Waals surface area contributed by atoms with Gasteiger partial charge in [0.1, 0.15) is 10.3 Å². The molecule has 3 nitrogen and oxygen atoms in total. The third-order valence-corrected chi connectivity index (χ3v) is 3.11. The second kappa shape index (κ2) is 4.60. The van der Waals surface area contributed by atoms with Gasteiger partial charge in [-0.25, -0.2) is 4.98 Å². The van der Waals surface area contributed by atoms with Crippen molar-refractivity contribution >= 4 is 29.1 Å². The number of rotatable bonds is 1. The Kier molecular flexibility index (Phi) is 3.36. The molecule has 1 unspecified atom stereocenters. The van der Waals surface area contributed by atoms with Gasteiger partial charge in [-0.3, -0.25) is 4.79 Å². The Balaban J connectivity index is 2.20. The molecule has 0 saturated carbocycles. The summed E-state index contributed by atoms with van der Waals surface area (Å²) < 4.78 is 0. The Hall–Kier alpha value is -0.800. The molecule has 1 fully saturated rings. The van der Waals surface area contributed by atoms with Crippen LogP contribution in [0.5, 0.6) is 0 Å². The van der Waals surface area contributed by atoms with E-state index in [1.54, 1.807) is 12.1 Å².